The number of alkyl carbamates (subject to hydrolysis) is 1. The van der Waals surface area contributed by atoms with Gasteiger partial charge in [-0.25, -0.2) is 9.59 Å². The van der Waals surface area contributed by atoms with Crippen molar-refractivity contribution in [3.8, 4) is 11.1 Å². The average Bonchev–Trinajstić information content (AvgIpc) is 3.46. The molecule has 1 saturated carbocycles. The average molecular weight is 479 g/mol. The summed E-state index contributed by atoms with van der Waals surface area (Å²) < 4.78 is 10.8. The number of fused-ring (bicyclic) bond motifs is 3. The molecule has 1 heterocycles. The summed E-state index contributed by atoms with van der Waals surface area (Å²) in [5.41, 5.74) is 4.60. The molecule has 35 heavy (non-hydrogen) atoms. The van der Waals surface area contributed by atoms with Crippen molar-refractivity contribution in [2.45, 2.75) is 43.7 Å². The molecular formula is C27H30N2O6. The Kier molecular flexibility index (Phi) is 6.72. The Morgan fingerprint density at radius 1 is 1.00 bits per heavy atom. The summed E-state index contributed by atoms with van der Waals surface area (Å²) in [7, 11) is 0. The Morgan fingerprint density at radius 3 is 2.29 bits per heavy atom. The molecule has 0 bridgehead atoms. The van der Waals surface area contributed by atoms with Gasteiger partial charge in [-0.15, -0.1) is 0 Å². The molecule has 1 unspecified atom stereocenters. The molecule has 5 rings (SSSR count). The fourth-order valence-corrected chi connectivity index (χ4v) is 5.18. The molecule has 2 aromatic rings. The minimum Gasteiger partial charge on any atom is -0.479 e. The van der Waals surface area contributed by atoms with Crippen molar-refractivity contribution < 1.29 is 29.0 Å². The predicted molar refractivity (Wildman–Crippen MR) is 128 cm³/mol. The molecule has 2 aromatic carbocycles. The number of carbonyl (C=O) groups is 3. The first-order chi connectivity index (χ1) is 17.0. The maximum atomic E-state index is 12.9. The highest BCUT2D eigenvalue weighted by Crippen LogP contribution is 2.44. The third-order valence-corrected chi connectivity index (χ3v) is 7.18. The van der Waals surface area contributed by atoms with E-state index in [4.69, 9.17) is 9.47 Å². The number of carboxylic acids is 1. The van der Waals surface area contributed by atoms with Gasteiger partial charge in [0.2, 0.25) is 5.91 Å². The van der Waals surface area contributed by atoms with Gasteiger partial charge in [-0.1, -0.05) is 61.4 Å². The lowest BCUT2D eigenvalue weighted by Gasteiger charge is -2.22. The number of hydrogen-bond donors (Lipinski definition) is 3. The molecule has 8 nitrogen and oxygen atoms in total. The summed E-state index contributed by atoms with van der Waals surface area (Å²) in [5, 5.41) is 14.9. The van der Waals surface area contributed by atoms with E-state index in [0.29, 0.717) is 25.4 Å². The summed E-state index contributed by atoms with van der Waals surface area (Å²) in [6.45, 7) is 0.649. The van der Waals surface area contributed by atoms with Crippen LogP contribution < -0.4 is 10.6 Å². The number of nitrogens with one attached hydrogen (secondary N) is 2. The molecule has 8 heteroatoms. The van der Waals surface area contributed by atoms with Gasteiger partial charge in [0, 0.05) is 19.1 Å². The Morgan fingerprint density at radius 2 is 1.66 bits per heavy atom. The lowest BCUT2D eigenvalue weighted by Crippen LogP contribution is -2.48. The van der Waals surface area contributed by atoms with E-state index in [1.165, 1.54) is 0 Å². The Balaban J connectivity index is 1.17. The number of rotatable bonds is 9. The zero-order chi connectivity index (χ0) is 24.4. The van der Waals surface area contributed by atoms with Gasteiger partial charge in [0.1, 0.15) is 6.61 Å². The second kappa shape index (κ2) is 10.1. The number of hydrogen-bond acceptors (Lipinski definition) is 5. The fraction of sp³-hybridized carbons (Fsp3) is 0.444. The second-order valence-corrected chi connectivity index (χ2v) is 9.62. The van der Waals surface area contributed by atoms with Crippen LogP contribution in [0.15, 0.2) is 48.5 Å². The van der Waals surface area contributed by atoms with E-state index in [1.807, 2.05) is 24.3 Å². The molecule has 2 amide bonds. The van der Waals surface area contributed by atoms with Crippen molar-refractivity contribution in [1.82, 2.24) is 10.6 Å². The van der Waals surface area contributed by atoms with Crippen molar-refractivity contribution in [3.05, 3.63) is 59.7 Å². The zero-order valence-electron chi connectivity index (χ0n) is 19.4. The lowest BCUT2D eigenvalue weighted by molar-refractivity contribution is -0.148. The molecular weight excluding hydrogens is 448 g/mol. The summed E-state index contributed by atoms with van der Waals surface area (Å²) in [4.78, 5) is 36.9. The van der Waals surface area contributed by atoms with Crippen molar-refractivity contribution >= 4 is 18.0 Å². The number of benzene rings is 2. The molecule has 2 fully saturated rings. The van der Waals surface area contributed by atoms with E-state index in [1.54, 1.807) is 0 Å². The number of carbonyl (C=O) groups excluding carboxylic acids is 2. The van der Waals surface area contributed by atoms with Crippen LogP contribution >= 0.6 is 0 Å². The number of amides is 2. The van der Waals surface area contributed by atoms with Gasteiger partial charge in [0.15, 0.2) is 6.10 Å². The van der Waals surface area contributed by atoms with Crippen molar-refractivity contribution in [3.63, 3.8) is 0 Å². The first kappa shape index (κ1) is 23.4. The van der Waals surface area contributed by atoms with Crippen LogP contribution in [-0.2, 0) is 19.1 Å². The molecule has 3 atom stereocenters. The van der Waals surface area contributed by atoms with Gasteiger partial charge < -0.3 is 25.2 Å². The molecule has 184 valence electrons. The first-order valence-electron chi connectivity index (χ1n) is 12.2. The summed E-state index contributed by atoms with van der Waals surface area (Å²) in [6, 6.07) is 15.7. The van der Waals surface area contributed by atoms with Crippen LogP contribution in [0, 0.1) is 11.8 Å². The van der Waals surface area contributed by atoms with Crippen molar-refractivity contribution in [1.29, 1.82) is 0 Å². The summed E-state index contributed by atoms with van der Waals surface area (Å²) in [6.07, 6.45) is 1.65. The van der Waals surface area contributed by atoms with Crippen LogP contribution in [-0.4, -0.2) is 55.0 Å². The lowest BCUT2D eigenvalue weighted by atomic mass is 9.98. The van der Waals surface area contributed by atoms with Crippen LogP contribution in [0.2, 0.25) is 0 Å². The van der Waals surface area contributed by atoms with Gasteiger partial charge in [-0.05, 0) is 41.0 Å². The highest BCUT2D eigenvalue weighted by molar-refractivity contribution is 5.82. The highest BCUT2D eigenvalue weighted by atomic mass is 16.5. The van der Waals surface area contributed by atoms with Crippen LogP contribution in [0.3, 0.4) is 0 Å². The number of carboxylic acid groups (broad SMARTS) is 1. The molecule has 0 aromatic heterocycles. The van der Waals surface area contributed by atoms with Gasteiger partial charge in [-0.2, -0.15) is 0 Å². The third-order valence-electron chi connectivity index (χ3n) is 7.18. The summed E-state index contributed by atoms with van der Waals surface area (Å²) >= 11 is 0. The topological polar surface area (TPSA) is 114 Å². The number of ether oxygens (including phenoxy) is 2. The molecule has 1 saturated heterocycles. The fourth-order valence-electron chi connectivity index (χ4n) is 5.18. The number of aliphatic carboxylic acids is 1. The van der Waals surface area contributed by atoms with Gasteiger partial charge in [-0.3, -0.25) is 4.79 Å². The zero-order valence-corrected chi connectivity index (χ0v) is 19.4. The van der Waals surface area contributed by atoms with E-state index >= 15 is 0 Å². The normalized spacial score (nSPS) is 21.6. The van der Waals surface area contributed by atoms with Gasteiger partial charge in [0.25, 0.3) is 0 Å². The second-order valence-electron chi connectivity index (χ2n) is 9.62. The van der Waals surface area contributed by atoms with Crippen LogP contribution in [0.25, 0.3) is 11.1 Å². The van der Waals surface area contributed by atoms with Gasteiger partial charge in [0.05, 0.1) is 12.0 Å². The van der Waals surface area contributed by atoms with Crippen molar-refractivity contribution in [2.24, 2.45) is 11.8 Å². The molecule has 3 N–H and O–H groups in total. The molecule has 2 aliphatic carbocycles. The molecule has 0 spiro atoms. The minimum absolute atomic E-state index is 0.0333. The standard InChI is InChI=1S/C27H30N2O6/c30-25(29-23-11-12-34-24(23)26(31)32)17(13-16-9-10-16)14-28-27(33)35-15-22-20-7-3-1-5-18(20)19-6-2-4-8-21(19)22/h1-8,16-17,22-24H,9-15H2,(H,28,33)(H,29,30)(H,31,32)/t17?,23-,24+/m0/s1. The molecule has 0 radical (unpaired) electrons. The van der Waals surface area contributed by atoms with Crippen LogP contribution in [0.1, 0.15) is 42.7 Å². The molecule has 1 aliphatic heterocycles. The van der Waals surface area contributed by atoms with E-state index in [2.05, 4.69) is 34.9 Å². The Labute approximate surface area is 204 Å². The highest BCUT2D eigenvalue weighted by Gasteiger charge is 2.37. The van der Waals surface area contributed by atoms with E-state index in [-0.39, 0.29) is 25.0 Å². The van der Waals surface area contributed by atoms with E-state index in [0.717, 1.165) is 35.1 Å². The Bertz CT molecular complexity index is 1070. The third kappa shape index (κ3) is 5.17. The first-order valence-corrected chi connectivity index (χ1v) is 12.2. The maximum Gasteiger partial charge on any atom is 0.407 e. The minimum atomic E-state index is -1.08. The van der Waals surface area contributed by atoms with Gasteiger partial charge >= 0.3 is 12.1 Å². The van der Waals surface area contributed by atoms with Crippen LogP contribution in [0.4, 0.5) is 4.79 Å². The quantitative estimate of drug-likeness (QED) is 0.510. The summed E-state index contributed by atoms with van der Waals surface area (Å²) in [5.74, 6) is -1.35. The largest absolute Gasteiger partial charge is 0.479 e. The van der Waals surface area contributed by atoms with Crippen molar-refractivity contribution in [2.75, 3.05) is 19.8 Å². The monoisotopic (exact) mass is 478 g/mol. The molecule has 3 aliphatic rings. The SMILES string of the molecule is O=C(NCC(CC1CC1)C(=O)N[C@H]1CCO[C@H]1C(=O)O)OCC1c2ccccc2-c2ccccc21. The Hall–Kier alpha value is -3.39. The maximum absolute atomic E-state index is 12.9. The van der Waals surface area contributed by atoms with E-state index in [9.17, 15) is 19.5 Å². The predicted octanol–water partition coefficient (Wildman–Crippen LogP) is 3.30. The van der Waals surface area contributed by atoms with E-state index < -0.39 is 30.1 Å². The van der Waals surface area contributed by atoms with Crippen LogP contribution in [0.5, 0.6) is 0 Å². The smallest absolute Gasteiger partial charge is 0.407 e.